The first-order chi connectivity index (χ1) is 20.1. The predicted octanol–water partition coefficient (Wildman–Crippen LogP) is 5.62. The minimum absolute atomic E-state index is 0.0572. The van der Waals surface area contributed by atoms with Gasteiger partial charge in [0, 0.05) is 13.1 Å². The van der Waals surface area contributed by atoms with E-state index in [1.807, 2.05) is 58.9 Å². The lowest BCUT2D eigenvalue weighted by Crippen LogP contribution is -2.52. The number of carbonyl (C=O) groups excluding carboxylic acids is 2. The molecule has 1 unspecified atom stereocenters. The fourth-order valence-electron chi connectivity index (χ4n) is 4.72. The fraction of sp³-hybridized carbons (Fsp3) is 0.394. The molecule has 3 rings (SSSR count). The number of unbranched alkanes of at least 4 members (excludes halogenated alkanes) is 1. The van der Waals surface area contributed by atoms with Gasteiger partial charge in [0.1, 0.15) is 18.3 Å². The molecule has 0 aliphatic carbocycles. The Balaban J connectivity index is 2.09. The Morgan fingerprint density at radius 1 is 0.905 bits per heavy atom. The molecule has 9 heteroatoms. The van der Waals surface area contributed by atoms with E-state index in [-0.39, 0.29) is 23.0 Å². The van der Waals surface area contributed by atoms with Crippen molar-refractivity contribution in [2.75, 3.05) is 24.0 Å². The van der Waals surface area contributed by atoms with Gasteiger partial charge in [-0.15, -0.1) is 0 Å². The van der Waals surface area contributed by atoms with Crippen LogP contribution in [0.3, 0.4) is 0 Å². The second-order valence-corrected chi connectivity index (χ2v) is 12.2. The molecule has 0 bridgehead atoms. The van der Waals surface area contributed by atoms with Crippen molar-refractivity contribution < 1.29 is 22.7 Å². The molecule has 0 saturated heterocycles. The summed E-state index contributed by atoms with van der Waals surface area (Å²) in [5.41, 5.74) is 3.04. The minimum atomic E-state index is -4.18. The van der Waals surface area contributed by atoms with Gasteiger partial charge in [-0.1, -0.05) is 79.9 Å². The summed E-state index contributed by atoms with van der Waals surface area (Å²) in [5, 5.41) is 2.95. The van der Waals surface area contributed by atoms with Crippen LogP contribution in [0.25, 0.3) is 0 Å². The zero-order chi connectivity index (χ0) is 30.7. The van der Waals surface area contributed by atoms with Gasteiger partial charge in [-0.3, -0.25) is 13.9 Å². The number of hydrogen-bond donors (Lipinski definition) is 1. The molecule has 3 aromatic carbocycles. The number of ether oxygens (including phenoxy) is 1. The second-order valence-electron chi connectivity index (χ2n) is 10.3. The number of carbonyl (C=O) groups is 2. The number of aryl methyl sites for hydroxylation is 2. The van der Waals surface area contributed by atoms with Crippen molar-refractivity contribution in [3.05, 3.63) is 89.5 Å². The lowest BCUT2D eigenvalue weighted by Gasteiger charge is -2.33. The van der Waals surface area contributed by atoms with Gasteiger partial charge < -0.3 is 15.0 Å². The average molecular weight is 594 g/mol. The number of nitrogens with zero attached hydrogens (tertiary/aromatic N) is 2. The molecule has 42 heavy (non-hydrogen) atoms. The minimum Gasteiger partial charge on any atom is -0.492 e. The number of nitrogens with one attached hydrogen (secondary N) is 1. The van der Waals surface area contributed by atoms with Gasteiger partial charge in [-0.05, 0) is 63.4 Å². The number of rotatable bonds is 15. The molecule has 0 saturated carbocycles. The largest absolute Gasteiger partial charge is 0.492 e. The van der Waals surface area contributed by atoms with Gasteiger partial charge in [0.15, 0.2) is 0 Å². The Labute approximate surface area is 250 Å². The van der Waals surface area contributed by atoms with Crippen LogP contribution in [-0.4, -0.2) is 50.9 Å². The maximum atomic E-state index is 14.3. The summed E-state index contributed by atoms with van der Waals surface area (Å²) in [6.45, 7) is 10.0. The highest BCUT2D eigenvalue weighted by Gasteiger charge is 2.34. The molecule has 0 aliphatic heterocycles. The lowest BCUT2D eigenvalue weighted by atomic mass is 10.1. The standard InChI is InChI=1S/C33H43N3O5S/c1-6-9-21-34-33(38)29(7-2)35(23-27-14-12-13-26(5)22-27)32(37)24-36(30-15-10-11-16-31(30)41-8-3)42(39,40)28-19-17-25(4)18-20-28/h10-20,22,29H,6-9,21,23-24H2,1-5H3,(H,34,38). The van der Waals surface area contributed by atoms with E-state index in [4.69, 9.17) is 4.74 Å². The normalized spacial score (nSPS) is 11.9. The van der Waals surface area contributed by atoms with E-state index >= 15 is 0 Å². The molecule has 1 atom stereocenters. The highest BCUT2D eigenvalue weighted by molar-refractivity contribution is 7.92. The fourth-order valence-corrected chi connectivity index (χ4v) is 6.15. The van der Waals surface area contributed by atoms with E-state index in [0.717, 1.165) is 33.8 Å². The summed E-state index contributed by atoms with van der Waals surface area (Å²) in [7, 11) is -4.18. The number of amides is 2. The van der Waals surface area contributed by atoms with Gasteiger partial charge in [0.2, 0.25) is 11.8 Å². The Hall–Kier alpha value is -3.85. The average Bonchev–Trinajstić information content (AvgIpc) is 2.96. The van der Waals surface area contributed by atoms with Crippen molar-refractivity contribution in [2.24, 2.45) is 0 Å². The first kappa shape index (κ1) is 32.7. The molecule has 0 aliphatic rings. The monoisotopic (exact) mass is 593 g/mol. The number of anilines is 1. The van der Waals surface area contributed by atoms with Crippen LogP contribution >= 0.6 is 0 Å². The third-order valence-corrected chi connectivity index (χ3v) is 8.75. The molecule has 0 radical (unpaired) electrons. The zero-order valence-electron chi connectivity index (χ0n) is 25.3. The van der Waals surface area contributed by atoms with Crippen LogP contribution in [0.2, 0.25) is 0 Å². The molecule has 1 N–H and O–H groups in total. The predicted molar refractivity (Wildman–Crippen MR) is 167 cm³/mol. The summed E-state index contributed by atoms with van der Waals surface area (Å²) in [6.07, 6.45) is 2.12. The van der Waals surface area contributed by atoms with Crippen LogP contribution in [0.15, 0.2) is 77.7 Å². The van der Waals surface area contributed by atoms with Crippen molar-refractivity contribution in [3.8, 4) is 5.75 Å². The molecule has 0 fully saturated rings. The van der Waals surface area contributed by atoms with Crippen molar-refractivity contribution in [3.63, 3.8) is 0 Å². The van der Waals surface area contributed by atoms with Crippen LogP contribution in [-0.2, 0) is 26.2 Å². The first-order valence-corrected chi connectivity index (χ1v) is 16.0. The molecule has 0 aromatic heterocycles. The molecular formula is C33H43N3O5S. The van der Waals surface area contributed by atoms with E-state index in [2.05, 4.69) is 5.32 Å². The van der Waals surface area contributed by atoms with Crippen molar-refractivity contribution >= 4 is 27.5 Å². The summed E-state index contributed by atoms with van der Waals surface area (Å²) >= 11 is 0. The quantitative estimate of drug-likeness (QED) is 0.231. The van der Waals surface area contributed by atoms with Gasteiger partial charge in [0.25, 0.3) is 10.0 Å². The maximum Gasteiger partial charge on any atom is 0.264 e. The second kappa shape index (κ2) is 15.4. The van der Waals surface area contributed by atoms with Crippen LogP contribution in [0.4, 0.5) is 5.69 Å². The summed E-state index contributed by atoms with van der Waals surface area (Å²) in [5.74, 6) is -0.399. The number of benzene rings is 3. The van der Waals surface area contributed by atoms with Gasteiger partial charge in [-0.25, -0.2) is 8.42 Å². The van der Waals surface area contributed by atoms with Crippen LogP contribution in [0, 0.1) is 13.8 Å². The smallest absolute Gasteiger partial charge is 0.264 e. The van der Waals surface area contributed by atoms with E-state index < -0.39 is 28.5 Å². The molecule has 2 amide bonds. The van der Waals surface area contributed by atoms with Crippen LogP contribution in [0.5, 0.6) is 5.75 Å². The third-order valence-electron chi connectivity index (χ3n) is 6.97. The summed E-state index contributed by atoms with van der Waals surface area (Å²) in [6, 6.07) is 20.2. The highest BCUT2D eigenvalue weighted by atomic mass is 32.2. The molecule has 8 nitrogen and oxygen atoms in total. The van der Waals surface area contributed by atoms with Gasteiger partial charge >= 0.3 is 0 Å². The summed E-state index contributed by atoms with van der Waals surface area (Å²) in [4.78, 5) is 29.1. The van der Waals surface area contributed by atoms with E-state index in [1.165, 1.54) is 17.0 Å². The van der Waals surface area contributed by atoms with E-state index in [1.54, 1.807) is 36.4 Å². The third kappa shape index (κ3) is 8.35. The Bertz CT molecular complexity index is 1440. The van der Waals surface area contributed by atoms with E-state index in [0.29, 0.717) is 25.3 Å². The topological polar surface area (TPSA) is 96.0 Å². The van der Waals surface area contributed by atoms with Gasteiger partial charge in [0.05, 0.1) is 17.2 Å². The first-order valence-electron chi connectivity index (χ1n) is 14.6. The number of hydrogen-bond acceptors (Lipinski definition) is 5. The molecule has 0 heterocycles. The van der Waals surface area contributed by atoms with Crippen LogP contribution in [0.1, 0.15) is 56.7 Å². The Kier molecular flexibility index (Phi) is 12.0. The molecule has 3 aromatic rings. The number of sulfonamides is 1. The Morgan fingerprint density at radius 2 is 1.62 bits per heavy atom. The van der Waals surface area contributed by atoms with Crippen molar-refractivity contribution in [1.82, 2.24) is 10.2 Å². The molecule has 226 valence electrons. The number of para-hydroxylation sites is 2. The Morgan fingerprint density at radius 3 is 2.26 bits per heavy atom. The molecular weight excluding hydrogens is 550 g/mol. The summed E-state index contributed by atoms with van der Waals surface area (Å²) < 4.78 is 35.1. The maximum absolute atomic E-state index is 14.3. The zero-order valence-corrected chi connectivity index (χ0v) is 26.1. The highest BCUT2D eigenvalue weighted by Crippen LogP contribution is 2.33. The van der Waals surface area contributed by atoms with Crippen molar-refractivity contribution in [2.45, 2.75) is 71.4 Å². The van der Waals surface area contributed by atoms with E-state index in [9.17, 15) is 18.0 Å². The molecule has 0 spiro atoms. The van der Waals surface area contributed by atoms with Crippen LogP contribution < -0.4 is 14.4 Å². The SMILES string of the molecule is CCCCNC(=O)C(CC)N(Cc1cccc(C)c1)C(=O)CN(c1ccccc1OCC)S(=O)(=O)c1ccc(C)cc1. The van der Waals surface area contributed by atoms with Crippen molar-refractivity contribution in [1.29, 1.82) is 0 Å². The lowest BCUT2D eigenvalue weighted by molar-refractivity contribution is -0.140. The van der Waals surface area contributed by atoms with Gasteiger partial charge in [-0.2, -0.15) is 0 Å².